The summed E-state index contributed by atoms with van der Waals surface area (Å²) < 4.78 is 0. The zero-order chi connectivity index (χ0) is 13.9. The quantitative estimate of drug-likeness (QED) is 0.569. The van der Waals surface area contributed by atoms with Crippen molar-refractivity contribution in [3.63, 3.8) is 0 Å². The van der Waals surface area contributed by atoms with Crippen LogP contribution in [0.5, 0.6) is 0 Å². The van der Waals surface area contributed by atoms with Crippen LogP contribution in [0.15, 0.2) is 0 Å². The lowest BCUT2D eigenvalue weighted by Crippen LogP contribution is -2.33. The van der Waals surface area contributed by atoms with Crippen LogP contribution in [0.2, 0.25) is 0 Å². The van der Waals surface area contributed by atoms with Gasteiger partial charge in [0, 0.05) is 0 Å². The topological polar surface area (TPSA) is 12.0 Å². The summed E-state index contributed by atoms with van der Waals surface area (Å²) in [6.07, 6.45) is 10.0. The highest BCUT2D eigenvalue weighted by Gasteiger charge is 2.29. The second-order valence-electron chi connectivity index (χ2n) is 6.18. The molecule has 1 saturated carbocycles. The van der Waals surface area contributed by atoms with E-state index in [2.05, 4.69) is 37.8 Å². The molecule has 0 aromatic heterocycles. The fraction of sp³-hybridized carbons (Fsp3) is 1.00. The lowest BCUT2D eigenvalue weighted by Gasteiger charge is -2.36. The molecule has 0 amide bonds. The third kappa shape index (κ3) is 7.04. The lowest BCUT2D eigenvalue weighted by atomic mass is 9.71. The largest absolute Gasteiger partial charge is 0.316 e. The van der Waals surface area contributed by atoms with Crippen LogP contribution in [0.3, 0.4) is 0 Å². The van der Waals surface area contributed by atoms with Crippen LogP contribution >= 0.6 is 11.8 Å². The Morgan fingerprint density at radius 1 is 1.00 bits per heavy atom. The van der Waals surface area contributed by atoms with Gasteiger partial charge in [-0.25, -0.2) is 0 Å². The maximum absolute atomic E-state index is 3.67. The van der Waals surface area contributed by atoms with E-state index >= 15 is 0 Å². The third-order valence-electron chi connectivity index (χ3n) is 4.62. The van der Waals surface area contributed by atoms with E-state index in [1.165, 1.54) is 69.5 Å². The Balaban J connectivity index is 2.37. The van der Waals surface area contributed by atoms with Gasteiger partial charge in [0.25, 0.3) is 0 Å². The molecule has 1 nitrogen and oxygen atoms in total. The van der Waals surface area contributed by atoms with Gasteiger partial charge < -0.3 is 5.32 Å². The number of hydrogen-bond donors (Lipinski definition) is 1. The Morgan fingerprint density at radius 3 is 2.53 bits per heavy atom. The van der Waals surface area contributed by atoms with Crippen LogP contribution in [0.4, 0.5) is 0 Å². The van der Waals surface area contributed by atoms with Crippen LogP contribution < -0.4 is 5.32 Å². The first-order valence-electron chi connectivity index (χ1n) is 8.60. The Labute approximate surface area is 125 Å². The monoisotopic (exact) mass is 285 g/mol. The van der Waals surface area contributed by atoms with Crippen molar-refractivity contribution in [2.45, 2.75) is 65.7 Å². The molecule has 1 aliphatic rings. The molecule has 1 fully saturated rings. The van der Waals surface area contributed by atoms with E-state index in [1.54, 1.807) is 0 Å². The zero-order valence-corrected chi connectivity index (χ0v) is 14.2. The summed E-state index contributed by atoms with van der Waals surface area (Å²) in [5.41, 5.74) is 0. The molecule has 3 atom stereocenters. The molecule has 0 aromatic carbocycles. The van der Waals surface area contributed by atoms with Gasteiger partial charge in [-0.15, -0.1) is 0 Å². The summed E-state index contributed by atoms with van der Waals surface area (Å²) in [6.45, 7) is 9.36. The minimum atomic E-state index is 0.956. The Bertz CT molecular complexity index is 207. The summed E-state index contributed by atoms with van der Waals surface area (Å²) in [5.74, 6) is 5.64. The van der Waals surface area contributed by atoms with Crippen molar-refractivity contribution in [1.29, 1.82) is 0 Å². The Morgan fingerprint density at radius 2 is 1.84 bits per heavy atom. The molecule has 0 saturated heterocycles. The molecule has 19 heavy (non-hydrogen) atoms. The van der Waals surface area contributed by atoms with Crippen molar-refractivity contribution in [2.24, 2.45) is 17.8 Å². The highest BCUT2D eigenvalue weighted by atomic mass is 32.2. The van der Waals surface area contributed by atoms with E-state index < -0.39 is 0 Å². The first kappa shape index (κ1) is 17.4. The van der Waals surface area contributed by atoms with Crippen LogP contribution in [0.25, 0.3) is 0 Å². The molecular weight excluding hydrogens is 250 g/mol. The molecule has 0 bridgehead atoms. The minimum absolute atomic E-state index is 0.956. The van der Waals surface area contributed by atoms with Crippen LogP contribution in [0.1, 0.15) is 65.7 Å². The van der Waals surface area contributed by atoms with E-state index in [1.807, 2.05) is 0 Å². The maximum Gasteiger partial charge on any atom is -0.00179 e. The number of nitrogens with one attached hydrogen (secondary N) is 1. The average molecular weight is 286 g/mol. The Hall–Kier alpha value is 0.310. The van der Waals surface area contributed by atoms with Gasteiger partial charge in [0.2, 0.25) is 0 Å². The van der Waals surface area contributed by atoms with Gasteiger partial charge in [0.15, 0.2) is 0 Å². The second kappa shape index (κ2) is 11.0. The van der Waals surface area contributed by atoms with E-state index in [0.717, 1.165) is 17.8 Å². The maximum atomic E-state index is 3.67. The fourth-order valence-corrected chi connectivity index (χ4v) is 4.32. The minimum Gasteiger partial charge on any atom is -0.316 e. The van der Waals surface area contributed by atoms with E-state index in [0.29, 0.717) is 0 Å². The molecule has 0 heterocycles. The van der Waals surface area contributed by atoms with Crippen molar-refractivity contribution in [1.82, 2.24) is 5.32 Å². The molecule has 2 heteroatoms. The third-order valence-corrected chi connectivity index (χ3v) is 5.55. The SMILES string of the molecule is CCCNCC1CCC(CCC)CC1CCSCC. The normalized spacial score (nSPS) is 27.6. The van der Waals surface area contributed by atoms with Gasteiger partial charge in [-0.1, -0.05) is 40.0 Å². The molecule has 1 aliphatic carbocycles. The van der Waals surface area contributed by atoms with Gasteiger partial charge in [-0.05, 0) is 68.0 Å². The summed E-state index contributed by atoms with van der Waals surface area (Å²) in [5, 5.41) is 3.67. The fourth-order valence-electron chi connectivity index (χ4n) is 3.56. The number of thioether (sulfide) groups is 1. The highest BCUT2D eigenvalue weighted by molar-refractivity contribution is 7.99. The summed E-state index contributed by atoms with van der Waals surface area (Å²) >= 11 is 2.13. The Kier molecular flexibility index (Phi) is 10.1. The predicted octanol–water partition coefficient (Wildman–Crippen LogP) is 4.96. The van der Waals surface area contributed by atoms with Crippen LogP contribution in [-0.4, -0.2) is 24.6 Å². The van der Waals surface area contributed by atoms with Gasteiger partial charge in [-0.2, -0.15) is 11.8 Å². The first-order chi connectivity index (χ1) is 9.31. The molecule has 3 unspecified atom stereocenters. The van der Waals surface area contributed by atoms with Crippen molar-refractivity contribution < 1.29 is 0 Å². The van der Waals surface area contributed by atoms with Crippen molar-refractivity contribution >= 4 is 11.8 Å². The summed E-state index contributed by atoms with van der Waals surface area (Å²) in [4.78, 5) is 0. The summed E-state index contributed by atoms with van der Waals surface area (Å²) in [6, 6.07) is 0. The van der Waals surface area contributed by atoms with Crippen LogP contribution in [0, 0.1) is 17.8 Å². The summed E-state index contributed by atoms with van der Waals surface area (Å²) in [7, 11) is 0. The molecule has 1 N–H and O–H groups in total. The predicted molar refractivity (Wildman–Crippen MR) is 90.0 cm³/mol. The molecule has 1 rings (SSSR count). The molecule has 0 aromatic rings. The smallest absolute Gasteiger partial charge is 0.00179 e. The molecule has 0 spiro atoms. The molecule has 114 valence electrons. The zero-order valence-electron chi connectivity index (χ0n) is 13.4. The van der Waals surface area contributed by atoms with Gasteiger partial charge in [0.1, 0.15) is 0 Å². The van der Waals surface area contributed by atoms with Gasteiger partial charge in [0.05, 0.1) is 0 Å². The number of rotatable bonds is 10. The highest BCUT2D eigenvalue weighted by Crippen LogP contribution is 2.38. The number of hydrogen-bond acceptors (Lipinski definition) is 2. The van der Waals surface area contributed by atoms with Crippen molar-refractivity contribution in [3.8, 4) is 0 Å². The molecular formula is C17H35NS. The van der Waals surface area contributed by atoms with Gasteiger partial charge in [-0.3, -0.25) is 0 Å². The van der Waals surface area contributed by atoms with Crippen LogP contribution in [-0.2, 0) is 0 Å². The molecule has 0 radical (unpaired) electrons. The first-order valence-corrected chi connectivity index (χ1v) is 9.75. The second-order valence-corrected chi connectivity index (χ2v) is 7.57. The lowest BCUT2D eigenvalue weighted by molar-refractivity contribution is 0.165. The van der Waals surface area contributed by atoms with Crippen molar-refractivity contribution in [3.05, 3.63) is 0 Å². The van der Waals surface area contributed by atoms with E-state index in [9.17, 15) is 0 Å². The average Bonchev–Trinajstić information content (AvgIpc) is 2.42. The van der Waals surface area contributed by atoms with E-state index in [-0.39, 0.29) is 0 Å². The standard InChI is InChI=1S/C17H35NS/c1-4-7-15-8-9-17(14-18-11-5-2)16(13-15)10-12-19-6-3/h15-18H,4-14H2,1-3H3. The van der Waals surface area contributed by atoms with Gasteiger partial charge >= 0.3 is 0 Å². The van der Waals surface area contributed by atoms with E-state index in [4.69, 9.17) is 0 Å². The molecule has 0 aliphatic heterocycles. The van der Waals surface area contributed by atoms with Crippen molar-refractivity contribution in [2.75, 3.05) is 24.6 Å².